The van der Waals surface area contributed by atoms with E-state index in [1.165, 1.54) is 12.8 Å². The second-order valence-electron chi connectivity index (χ2n) is 3.98. The summed E-state index contributed by atoms with van der Waals surface area (Å²) in [6.45, 7) is 5.60. The number of carboxylic acids is 1. The standard InChI is InChI=1S/C10H20O2.Na/c1-4-5-6-7-8-10(2,3)9(11)12;/h4-8H2,1-3H3,(H,11,12);/q;+1/p-1. The Bertz CT molecular complexity index is 144. The van der Waals surface area contributed by atoms with Crippen LogP contribution in [0.4, 0.5) is 0 Å². The number of carbonyl (C=O) groups excluding carboxylic acids is 1. The van der Waals surface area contributed by atoms with Gasteiger partial charge in [-0.1, -0.05) is 46.5 Å². The van der Waals surface area contributed by atoms with Crippen molar-refractivity contribution >= 4 is 5.97 Å². The third kappa shape index (κ3) is 7.53. The Hall–Kier alpha value is 0.470. The Kier molecular flexibility index (Phi) is 9.60. The molecule has 0 rings (SSSR count). The SMILES string of the molecule is CCCCCCC(C)(C)C(=O)[O-].[Na+]. The van der Waals surface area contributed by atoms with Gasteiger partial charge in [0.1, 0.15) is 0 Å². The molecule has 0 atom stereocenters. The minimum absolute atomic E-state index is 0. The number of hydrogen-bond donors (Lipinski definition) is 0. The van der Waals surface area contributed by atoms with Crippen LogP contribution in [-0.4, -0.2) is 5.97 Å². The van der Waals surface area contributed by atoms with Crippen molar-refractivity contribution in [3.63, 3.8) is 0 Å². The Morgan fingerprint density at radius 2 is 1.77 bits per heavy atom. The zero-order valence-corrected chi connectivity index (χ0v) is 11.4. The molecular formula is C10H19NaO2. The van der Waals surface area contributed by atoms with Crippen LogP contribution in [0.15, 0.2) is 0 Å². The van der Waals surface area contributed by atoms with Gasteiger partial charge in [-0.3, -0.25) is 0 Å². The smallest absolute Gasteiger partial charge is 0.550 e. The van der Waals surface area contributed by atoms with E-state index in [2.05, 4.69) is 6.92 Å². The van der Waals surface area contributed by atoms with Gasteiger partial charge in [-0.15, -0.1) is 0 Å². The van der Waals surface area contributed by atoms with E-state index >= 15 is 0 Å². The fraction of sp³-hybridized carbons (Fsp3) is 0.900. The largest absolute Gasteiger partial charge is 1.00 e. The van der Waals surface area contributed by atoms with Gasteiger partial charge in [-0.2, -0.15) is 0 Å². The van der Waals surface area contributed by atoms with Crippen LogP contribution < -0.4 is 34.7 Å². The van der Waals surface area contributed by atoms with Crippen LogP contribution in [0.25, 0.3) is 0 Å². The second-order valence-corrected chi connectivity index (χ2v) is 3.98. The summed E-state index contributed by atoms with van der Waals surface area (Å²) in [7, 11) is 0. The van der Waals surface area contributed by atoms with Crippen LogP contribution in [0.5, 0.6) is 0 Å². The van der Waals surface area contributed by atoms with Gasteiger partial charge in [0.2, 0.25) is 0 Å². The number of carbonyl (C=O) groups is 1. The first-order chi connectivity index (χ1) is 5.50. The van der Waals surface area contributed by atoms with E-state index in [0.717, 1.165) is 19.3 Å². The number of aliphatic carboxylic acids is 1. The molecule has 0 bridgehead atoms. The molecule has 0 unspecified atom stereocenters. The van der Waals surface area contributed by atoms with E-state index in [9.17, 15) is 9.90 Å². The molecule has 0 aromatic rings. The summed E-state index contributed by atoms with van der Waals surface area (Å²) >= 11 is 0. The average Bonchev–Trinajstić information content (AvgIpc) is 1.98. The molecule has 0 fully saturated rings. The summed E-state index contributed by atoms with van der Waals surface area (Å²) in [5, 5.41) is 10.6. The minimum atomic E-state index is -0.931. The van der Waals surface area contributed by atoms with E-state index in [1.54, 1.807) is 13.8 Å². The van der Waals surface area contributed by atoms with Crippen molar-refractivity contribution in [2.75, 3.05) is 0 Å². The molecule has 0 saturated carbocycles. The van der Waals surface area contributed by atoms with Crippen molar-refractivity contribution in [3.8, 4) is 0 Å². The van der Waals surface area contributed by atoms with Crippen molar-refractivity contribution in [2.24, 2.45) is 5.41 Å². The third-order valence-electron chi connectivity index (χ3n) is 2.21. The minimum Gasteiger partial charge on any atom is -0.550 e. The predicted octanol–water partition coefficient (Wildman–Crippen LogP) is -1.26. The molecular weight excluding hydrogens is 175 g/mol. The molecule has 0 aromatic carbocycles. The molecule has 3 heteroatoms. The topological polar surface area (TPSA) is 40.1 Å². The van der Waals surface area contributed by atoms with Gasteiger partial charge in [0.25, 0.3) is 0 Å². The van der Waals surface area contributed by atoms with E-state index in [1.807, 2.05) is 0 Å². The van der Waals surface area contributed by atoms with Crippen molar-refractivity contribution in [1.82, 2.24) is 0 Å². The van der Waals surface area contributed by atoms with E-state index < -0.39 is 11.4 Å². The first-order valence-corrected chi connectivity index (χ1v) is 4.72. The van der Waals surface area contributed by atoms with Gasteiger partial charge in [-0.25, -0.2) is 0 Å². The summed E-state index contributed by atoms with van der Waals surface area (Å²) in [4.78, 5) is 10.6. The number of hydrogen-bond acceptors (Lipinski definition) is 2. The normalized spacial score (nSPS) is 10.7. The molecule has 0 heterocycles. The Morgan fingerprint density at radius 3 is 2.15 bits per heavy atom. The summed E-state index contributed by atoms with van der Waals surface area (Å²) in [6.07, 6.45) is 5.24. The van der Waals surface area contributed by atoms with Crippen molar-refractivity contribution in [2.45, 2.75) is 52.9 Å². The fourth-order valence-electron chi connectivity index (χ4n) is 1.10. The molecule has 0 aromatic heterocycles. The van der Waals surface area contributed by atoms with Gasteiger partial charge in [0.15, 0.2) is 0 Å². The molecule has 72 valence electrons. The number of carboxylic acid groups (broad SMARTS) is 1. The van der Waals surface area contributed by atoms with Gasteiger partial charge in [0.05, 0.1) is 0 Å². The maximum Gasteiger partial charge on any atom is 1.00 e. The Morgan fingerprint density at radius 1 is 1.23 bits per heavy atom. The maximum atomic E-state index is 10.6. The van der Waals surface area contributed by atoms with Gasteiger partial charge in [0, 0.05) is 11.4 Å². The van der Waals surface area contributed by atoms with Crippen LogP contribution in [0, 0.1) is 5.41 Å². The van der Waals surface area contributed by atoms with E-state index in [4.69, 9.17) is 0 Å². The van der Waals surface area contributed by atoms with Crippen LogP contribution in [-0.2, 0) is 4.79 Å². The summed E-state index contributed by atoms with van der Waals surface area (Å²) < 4.78 is 0. The molecule has 2 nitrogen and oxygen atoms in total. The Labute approximate surface area is 103 Å². The molecule has 0 aliphatic carbocycles. The fourth-order valence-corrected chi connectivity index (χ4v) is 1.10. The summed E-state index contributed by atoms with van der Waals surface area (Å²) in [5.74, 6) is -0.931. The van der Waals surface area contributed by atoms with Gasteiger partial charge >= 0.3 is 29.6 Å². The Balaban J connectivity index is 0. The van der Waals surface area contributed by atoms with E-state index in [0.29, 0.717) is 0 Å². The van der Waals surface area contributed by atoms with Gasteiger partial charge < -0.3 is 9.90 Å². The monoisotopic (exact) mass is 194 g/mol. The zero-order chi connectivity index (χ0) is 9.61. The number of unbranched alkanes of at least 4 members (excludes halogenated alkanes) is 3. The molecule has 0 aliphatic rings. The first-order valence-electron chi connectivity index (χ1n) is 4.72. The molecule has 0 spiro atoms. The average molecular weight is 194 g/mol. The first kappa shape index (κ1) is 15.9. The van der Waals surface area contributed by atoms with Crippen LogP contribution in [0.2, 0.25) is 0 Å². The summed E-state index contributed by atoms with van der Waals surface area (Å²) in [5.41, 5.74) is -0.645. The second kappa shape index (κ2) is 7.84. The van der Waals surface area contributed by atoms with Crippen LogP contribution in [0.3, 0.4) is 0 Å². The molecule has 0 radical (unpaired) electrons. The molecule has 13 heavy (non-hydrogen) atoms. The molecule has 0 aliphatic heterocycles. The third-order valence-corrected chi connectivity index (χ3v) is 2.21. The quantitative estimate of drug-likeness (QED) is 0.391. The van der Waals surface area contributed by atoms with Crippen LogP contribution >= 0.6 is 0 Å². The molecule has 0 amide bonds. The van der Waals surface area contributed by atoms with Crippen LogP contribution in [0.1, 0.15) is 52.9 Å². The predicted molar refractivity (Wildman–Crippen MR) is 47.5 cm³/mol. The number of rotatable bonds is 6. The van der Waals surface area contributed by atoms with Crippen molar-refractivity contribution in [3.05, 3.63) is 0 Å². The van der Waals surface area contributed by atoms with E-state index in [-0.39, 0.29) is 29.6 Å². The molecule has 0 saturated heterocycles. The zero-order valence-electron chi connectivity index (χ0n) is 9.35. The van der Waals surface area contributed by atoms with Crippen molar-refractivity contribution < 1.29 is 39.5 Å². The summed E-state index contributed by atoms with van der Waals surface area (Å²) in [6, 6.07) is 0. The van der Waals surface area contributed by atoms with Crippen molar-refractivity contribution in [1.29, 1.82) is 0 Å². The van der Waals surface area contributed by atoms with Gasteiger partial charge in [-0.05, 0) is 6.42 Å². The molecule has 0 N–H and O–H groups in total. The maximum absolute atomic E-state index is 10.6.